The van der Waals surface area contributed by atoms with Gasteiger partial charge < -0.3 is 10.5 Å². The van der Waals surface area contributed by atoms with E-state index in [0.717, 1.165) is 0 Å². The third-order valence-electron chi connectivity index (χ3n) is 2.24. The van der Waals surface area contributed by atoms with Gasteiger partial charge in [0, 0.05) is 6.54 Å². The molecule has 0 spiro atoms. The Morgan fingerprint density at radius 2 is 1.53 bits per heavy atom. The van der Waals surface area contributed by atoms with Crippen LogP contribution < -0.4 is 5.73 Å². The predicted molar refractivity (Wildman–Crippen MR) is 55.0 cm³/mol. The second-order valence-corrected chi connectivity index (χ2v) is 3.80. The molecule has 0 aromatic heterocycles. The first-order valence-corrected chi connectivity index (χ1v) is 5.17. The summed E-state index contributed by atoms with van der Waals surface area (Å²) in [5, 5.41) is 0. The van der Waals surface area contributed by atoms with Crippen molar-refractivity contribution in [2.75, 3.05) is 0 Å². The number of alkyl halides is 6. The predicted octanol–water partition coefficient (Wildman–Crippen LogP) is 3.16. The number of nitrogens with two attached hydrogens (primary N) is 1. The Kier molecular flexibility index (Phi) is 4.81. The van der Waals surface area contributed by atoms with Crippen molar-refractivity contribution in [1.82, 2.24) is 0 Å². The van der Waals surface area contributed by atoms with Crippen LogP contribution in [0.25, 0.3) is 0 Å². The Morgan fingerprint density at radius 3 is 2.00 bits per heavy atom. The van der Waals surface area contributed by atoms with Gasteiger partial charge in [-0.05, 0) is 11.1 Å². The molecule has 0 aliphatic rings. The lowest BCUT2D eigenvalue weighted by Gasteiger charge is -2.23. The van der Waals surface area contributed by atoms with Crippen molar-refractivity contribution in [3.05, 3.63) is 35.4 Å². The minimum Gasteiger partial charge on any atom is -0.356 e. The van der Waals surface area contributed by atoms with E-state index >= 15 is 0 Å². The minimum absolute atomic E-state index is 0.135. The van der Waals surface area contributed by atoms with Crippen LogP contribution in [0.3, 0.4) is 0 Å². The van der Waals surface area contributed by atoms with Crippen LogP contribution in [0, 0.1) is 0 Å². The van der Waals surface area contributed by atoms with E-state index in [2.05, 4.69) is 4.74 Å². The Balaban J connectivity index is 2.77. The van der Waals surface area contributed by atoms with Gasteiger partial charge in [0.2, 0.25) is 6.10 Å². The average molecular weight is 287 g/mol. The highest BCUT2D eigenvalue weighted by molar-refractivity contribution is 5.22. The van der Waals surface area contributed by atoms with Crippen molar-refractivity contribution in [3.8, 4) is 0 Å². The van der Waals surface area contributed by atoms with Crippen molar-refractivity contribution in [1.29, 1.82) is 0 Å². The lowest BCUT2D eigenvalue weighted by atomic mass is 10.1. The maximum absolute atomic E-state index is 12.2. The number of benzene rings is 1. The third kappa shape index (κ3) is 4.71. The molecule has 0 radical (unpaired) electrons. The molecule has 1 rings (SSSR count). The van der Waals surface area contributed by atoms with Gasteiger partial charge in [-0.15, -0.1) is 0 Å². The second kappa shape index (κ2) is 5.79. The molecule has 0 saturated carbocycles. The first-order valence-electron chi connectivity index (χ1n) is 5.17. The van der Waals surface area contributed by atoms with E-state index in [1.165, 1.54) is 18.2 Å². The largest absolute Gasteiger partial charge is 0.423 e. The highest BCUT2D eigenvalue weighted by atomic mass is 19.4. The molecule has 2 nitrogen and oxygen atoms in total. The standard InChI is InChI=1S/C11H11F6NO/c12-10(13,14)9(11(15,16)17)19-6-8-3-1-2-7(4-8)5-18/h1-4,9H,5-6,18H2. The summed E-state index contributed by atoms with van der Waals surface area (Å²) in [7, 11) is 0. The highest BCUT2D eigenvalue weighted by Gasteiger charge is 2.57. The van der Waals surface area contributed by atoms with E-state index in [9.17, 15) is 26.3 Å². The Morgan fingerprint density at radius 1 is 1.00 bits per heavy atom. The fourth-order valence-corrected chi connectivity index (χ4v) is 1.40. The molecule has 0 aliphatic carbocycles. The quantitative estimate of drug-likeness (QED) is 0.863. The van der Waals surface area contributed by atoms with Crippen LogP contribution in [0.1, 0.15) is 11.1 Å². The van der Waals surface area contributed by atoms with E-state index in [1.807, 2.05) is 0 Å². The molecule has 8 heteroatoms. The van der Waals surface area contributed by atoms with E-state index in [0.29, 0.717) is 5.56 Å². The molecule has 1 aromatic rings. The van der Waals surface area contributed by atoms with E-state index < -0.39 is 25.1 Å². The molecule has 0 unspecified atom stereocenters. The SMILES string of the molecule is NCc1cccc(COC(C(F)(F)F)C(F)(F)F)c1. The van der Waals surface area contributed by atoms with Gasteiger partial charge in [0.15, 0.2) is 0 Å². The van der Waals surface area contributed by atoms with Crippen molar-refractivity contribution in [3.63, 3.8) is 0 Å². The summed E-state index contributed by atoms with van der Waals surface area (Å²) >= 11 is 0. The molecule has 2 N–H and O–H groups in total. The van der Waals surface area contributed by atoms with Crippen LogP contribution >= 0.6 is 0 Å². The molecule has 0 bridgehead atoms. The zero-order valence-corrected chi connectivity index (χ0v) is 9.55. The van der Waals surface area contributed by atoms with Gasteiger partial charge in [0.1, 0.15) is 0 Å². The lowest BCUT2D eigenvalue weighted by Crippen LogP contribution is -2.44. The normalized spacial score (nSPS) is 13.1. The summed E-state index contributed by atoms with van der Waals surface area (Å²) in [6.45, 7) is -0.659. The number of halogens is 6. The monoisotopic (exact) mass is 287 g/mol. The number of hydrogen-bond acceptors (Lipinski definition) is 2. The van der Waals surface area contributed by atoms with Gasteiger partial charge >= 0.3 is 12.4 Å². The van der Waals surface area contributed by atoms with Gasteiger partial charge in [0.25, 0.3) is 0 Å². The molecular weight excluding hydrogens is 276 g/mol. The van der Waals surface area contributed by atoms with Crippen molar-refractivity contribution in [2.45, 2.75) is 31.6 Å². The summed E-state index contributed by atoms with van der Waals surface area (Å²) in [6.07, 6.45) is -14.8. The molecule has 108 valence electrons. The fourth-order valence-electron chi connectivity index (χ4n) is 1.40. The van der Waals surface area contributed by atoms with E-state index in [1.54, 1.807) is 6.07 Å². The van der Waals surface area contributed by atoms with Crippen LogP contribution in [0.2, 0.25) is 0 Å². The summed E-state index contributed by atoms with van der Waals surface area (Å²) in [6, 6.07) is 5.85. The maximum Gasteiger partial charge on any atom is 0.423 e. The Bertz CT molecular complexity index is 400. The van der Waals surface area contributed by atoms with Gasteiger partial charge in [0.05, 0.1) is 6.61 Å². The van der Waals surface area contributed by atoms with Gasteiger partial charge in [-0.25, -0.2) is 0 Å². The third-order valence-corrected chi connectivity index (χ3v) is 2.24. The topological polar surface area (TPSA) is 35.2 Å². The molecule has 0 fully saturated rings. The number of rotatable bonds is 4. The van der Waals surface area contributed by atoms with Crippen molar-refractivity contribution in [2.24, 2.45) is 5.73 Å². The molecule has 19 heavy (non-hydrogen) atoms. The molecule has 1 aromatic carbocycles. The van der Waals surface area contributed by atoms with Crippen LogP contribution in [0.5, 0.6) is 0 Å². The van der Waals surface area contributed by atoms with Crippen molar-refractivity contribution >= 4 is 0 Å². The lowest BCUT2D eigenvalue weighted by molar-refractivity contribution is -0.324. The molecular formula is C11H11F6NO. The fraction of sp³-hybridized carbons (Fsp3) is 0.455. The highest BCUT2D eigenvalue weighted by Crippen LogP contribution is 2.36. The van der Waals surface area contributed by atoms with Gasteiger partial charge in [-0.1, -0.05) is 24.3 Å². The smallest absolute Gasteiger partial charge is 0.356 e. The van der Waals surface area contributed by atoms with Crippen LogP contribution in [-0.2, 0) is 17.9 Å². The minimum atomic E-state index is -5.50. The number of hydrogen-bond donors (Lipinski definition) is 1. The summed E-state index contributed by atoms with van der Waals surface area (Å²) in [5.74, 6) is 0. The van der Waals surface area contributed by atoms with E-state index in [-0.39, 0.29) is 12.1 Å². The second-order valence-electron chi connectivity index (χ2n) is 3.80. The number of ether oxygens (including phenoxy) is 1. The molecule has 0 atom stereocenters. The molecule has 0 aliphatic heterocycles. The van der Waals surface area contributed by atoms with Crippen LogP contribution in [0.4, 0.5) is 26.3 Å². The molecule has 0 heterocycles. The molecule has 0 saturated heterocycles. The summed E-state index contributed by atoms with van der Waals surface area (Å²) in [4.78, 5) is 0. The van der Waals surface area contributed by atoms with Crippen molar-refractivity contribution < 1.29 is 31.1 Å². The zero-order valence-electron chi connectivity index (χ0n) is 9.55. The average Bonchev–Trinajstić information content (AvgIpc) is 2.26. The zero-order chi connectivity index (χ0) is 14.7. The summed E-state index contributed by atoms with van der Waals surface area (Å²) in [5.41, 5.74) is 6.10. The summed E-state index contributed by atoms with van der Waals surface area (Å²) < 4.78 is 77.2. The Labute approximate surface area is 105 Å². The maximum atomic E-state index is 12.2. The molecule has 0 amide bonds. The van der Waals surface area contributed by atoms with Gasteiger partial charge in [-0.2, -0.15) is 26.3 Å². The Hall–Kier alpha value is -1.28. The first-order chi connectivity index (χ1) is 8.64. The van der Waals surface area contributed by atoms with Crippen LogP contribution in [0.15, 0.2) is 24.3 Å². The van der Waals surface area contributed by atoms with Gasteiger partial charge in [-0.3, -0.25) is 0 Å². The van der Waals surface area contributed by atoms with E-state index in [4.69, 9.17) is 5.73 Å². The van der Waals surface area contributed by atoms with Crippen LogP contribution in [-0.4, -0.2) is 18.5 Å². The first kappa shape index (κ1) is 15.8.